The maximum Gasteiger partial charge on any atom is 0.203 e. The van der Waals surface area contributed by atoms with Crippen LogP contribution in [-0.4, -0.2) is 45.9 Å². The summed E-state index contributed by atoms with van der Waals surface area (Å²) in [4.78, 5) is 4.47. The predicted molar refractivity (Wildman–Crippen MR) is 113 cm³/mol. The van der Waals surface area contributed by atoms with Crippen molar-refractivity contribution in [1.29, 1.82) is 0 Å². The zero-order valence-electron chi connectivity index (χ0n) is 17.1. The van der Waals surface area contributed by atoms with Gasteiger partial charge in [0.15, 0.2) is 17.1 Å². The molecule has 2 aromatic heterocycles. The Kier molecular flexibility index (Phi) is 5.76. The summed E-state index contributed by atoms with van der Waals surface area (Å²) in [6.07, 6.45) is 4.27. The Balaban J connectivity index is 1.65. The van der Waals surface area contributed by atoms with Gasteiger partial charge in [0.1, 0.15) is 11.3 Å². The van der Waals surface area contributed by atoms with E-state index in [1.54, 1.807) is 27.5 Å². The summed E-state index contributed by atoms with van der Waals surface area (Å²) in [6, 6.07) is 7.64. The molecule has 29 heavy (non-hydrogen) atoms. The van der Waals surface area contributed by atoms with Crippen molar-refractivity contribution in [1.82, 2.24) is 10.3 Å². The smallest absolute Gasteiger partial charge is 0.203 e. The van der Waals surface area contributed by atoms with E-state index in [9.17, 15) is 0 Å². The van der Waals surface area contributed by atoms with Crippen molar-refractivity contribution in [2.24, 2.45) is 5.92 Å². The van der Waals surface area contributed by atoms with Crippen molar-refractivity contribution in [2.45, 2.75) is 12.8 Å². The average molecular weight is 397 g/mol. The van der Waals surface area contributed by atoms with Crippen molar-refractivity contribution in [3.05, 3.63) is 30.5 Å². The quantitative estimate of drug-likeness (QED) is 0.625. The van der Waals surface area contributed by atoms with Crippen molar-refractivity contribution < 1.29 is 18.6 Å². The van der Waals surface area contributed by atoms with Gasteiger partial charge in [0, 0.05) is 24.4 Å². The van der Waals surface area contributed by atoms with Crippen molar-refractivity contribution >= 4 is 16.8 Å². The minimum atomic E-state index is 0.552. The minimum Gasteiger partial charge on any atom is -0.493 e. The van der Waals surface area contributed by atoms with Gasteiger partial charge in [-0.2, -0.15) is 0 Å². The average Bonchev–Trinajstić information content (AvgIpc) is 3.22. The third kappa shape index (κ3) is 3.96. The third-order valence-corrected chi connectivity index (χ3v) is 5.34. The molecule has 3 heterocycles. The molecule has 0 amide bonds. The van der Waals surface area contributed by atoms with Crippen LogP contribution in [-0.2, 0) is 0 Å². The first kappa shape index (κ1) is 19.4. The van der Waals surface area contributed by atoms with E-state index >= 15 is 0 Å². The zero-order valence-corrected chi connectivity index (χ0v) is 17.1. The molecule has 154 valence electrons. The Morgan fingerprint density at radius 3 is 2.59 bits per heavy atom. The molecule has 1 fully saturated rings. The molecule has 1 aromatic carbocycles. The van der Waals surface area contributed by atoms with Gasteiger partial charge in [-0.25, -0.2) is 0 Å². The van der Waals surface area contributed by atoms with Gasteiger partial charge in [0.05, 0.1) is 27.0 Å². The molecule has 1 atom stereocenters. The van der Waals surface area contributed by atoms with Crippen LogP contribution in [0.15, 0.2) is 34.9 Å². The number of piperidine rings is 1. The lowest BCUT2D eigenvalue weighted by molar-refractivity contribution is 0.324. The lowest BCUT2D eigenvalue weighted by Gasteiger charge is -2.23. The highest BCUT2D eigenvalue weighted by molar-refractivity contribution is 5.89. The normalized spacial score (nSPS) is 16.6. The molecule has 7 nitrogen and oxygen atoms in total. The van der Waals surface area contributed by atoms with Crippen LogP contribution < -0.4 is 24.8 Å². The van der Waals surface area contributed by atoms with Gasteiger partial charge in [-0.05, 0) is 50.0 Å². The fraction of sp³-hybridized carbons (Fsp3) is 0.409. The van der Waals surface area contributed by atoms with Crippen LogP contribution in [0.2, 0.25) is 0 Å². The molecule has 7 heteroatoms. The van der Waals surface area contributed by atoms with Crippen LogP contribution >= 0.6 is 0 Å². The highest BCUT2D eigenvalue weighted by Gasteiger charge is 2.18. The number of ether oxygens (including phenoxy) is 3. The Morgan fingerprint density at radius 2 is 1.93 bits per heavy atom. The highest BCUT2D eigenvalue weighted by Crippen LogP contribution is 2.42. The van der Waals surface area contributed by atoms with Crippen LogP contribution in [0.5, 0.6) is 17.2 Å². The predicted octanol–water partition coefficient (Wildman–Crippen LogP) is 3.93. The number of hydrogen-bond acceptors (Lipinski definition) is 7. The van der Waals surface area contributed by atoms with Gasteiger partial charge in [-0.3, -0.25) is 4.98 Å². The molecule has 3 aromatic rings. The molecule has 1 aliphatic heterocycles. The largest absolute Gasteiger partial charge is 0.493 e. The number of fused-ring (bicyclic) bond motifs is 1. The van der Waals surface area contributed by atoms with E-state index in [2.05, 4.69) is 15.6 Å². The van der Waals surface area contributed by atoms with Crippen LogP contribution in [0, 0.1) is 5.92 Å². The number of nitrogens with one attached hydrogen (secondary N) is 2. The Labute approximate surface area is 170 Å². The van der Waals surface area contributed by atoms with Crippen molar-refractivity contribution in [2.75, 3.05) is 46.3 Å². The molecule has 1 unspecified atom stereocenters. The van der Waals surface area contributed by atoms with Crippen molar-refractivity contribution in [3.8, 4) is 28.6 Å². The van der Waals surface area contributed by atoms with E-state index in [1.165, 1.54) is 12.8 Å². The Hall–Kier alpha value is -2.93. The lowest BCUT2D eigenvalue weighted by Crippen LogP contribution is -2.33. The monoisotopic (exact) mass is 397 g/mol. The number of methoxy groups -OCH3 is 3. The molecule has 0 aliphatic carbocycles. The summed E-state index contributed by atoms with van der Waals surface area (Å²) >= 11 is 0. The highest BCUT2D eigenvalue weighted by atomic mass is 16.5. The molecule has 2 N–H and O–H groups in total. The number of anilines is 1. The van der Waals surface area contributed by atoms with Gasteiger partial charge in [-0.15, -0.1) is 0 Å². The SMILES string of the molecule is COc1cc(-c2cc3nccc(NCC4CCCNC4)c3o2)cc(OC)c1OC. The maximum absolute atomic E-state index is 6.21. The van der Waals surface area contributed by atoms with Crippen molar-refractivity contribution in [3.63, 3.8) is 0 Å². The molecule has 0 bridgehead atoms. The number of hydrogen-bond donors (Lipinski definition) is 2. The van der Waals surface area contributed by atoms with Crippen LogP contribution in [0.3, 0.4) is 0 Å². The maximum atomic E-state index is 6.21. The van der Waals surface area contributed by atoms with Gasteiger partial charge in [-0.1, -0.05) is 0 Å². The zero-order chi connectivity index (χ0) is 20.2. The van der Waals surface area contributed by atoms with Crippen LogP contribution in [0.4, 0.5) is 5.69 Å². The number of furan rings is 1. The molecule has 0 saturated carbocycles. The van der Waals surface area contributed by atoms with Gasteiger partial charge < -0.3 is 29.3 Å². The van der Waals surface area contributed by atoms with E-state index in [4.69, 9.17) is 18.6 Å². The molecule has 1 saturated heterocycles. The summed E-state index contributed by atoms with van der Waals surface area (Å²) in [5.74, 6) is 3.03. The van der Waals surface area contributed by atoms with E-state index in [1.807, 2.05) is 24.3 Å². The summed E-state index contributed by atoms with van der Waals surface area (Å²) in [6.45, 7) is 3.08. The summed E-state index contributed by atoms with van der Waals surface area (Å²) in [5, 5.41) is 7.00. The summed E-state index contributed by atoms with van der Waals surface area (Å²) in [5.41, 5.74) is 3.35. The van der Waals surface area contributed by atoms with Crippen LogP contribution in [0.1, 0.15) is 12.8 Å². The number of nitrogens with zero attached hydrogens (tertiary/aromatic N) is 1. The first-order valence-corrected chi connectivity index (χ1v) is 9.87. The van der Waals surface area contributed by atoms with E-state index in [0.717, 1.165) is 42.0 Å². The van der Waals surface area contributed by atoms with Crippen LogP contribution in [0.25, 0.3) is 22.4 Å². The number of rotatable bonds is 7. The number of pyridine rings is 1. The Morgan fingerprint density at radius 1 is 1.14 bits per heavy atom. The topological polar surface area (TPSA) is 77.8 Å². The molecule has 0 radical (unpaired) electrons. The van der Waals surface area contributed by atoms with E-state index < -0.39 is 0 Å². The number of benzene rings is 1. The molecule has 1 aliphatic rings. The summed E-state index contributed by atoms with van der Waals surface area (Å²) in [7, 11) is 4.79. The first-order valence-electron chi connectivity index (χ1n) is 9.87. The second kappa shape index (κ2) is 8.61. The molecule has 4 rings (SSSR count). The molecule has 0 spiro atoms. The fourth-order valence-corrected chi connectivity index (χ4v) is 3.80. The standard InChI is InChI=1S/C22H27N3O4/c1-26-19-9-15(10-20(27-2)22(19)28-3)18-11-17-21(29-18)16(6-8-24-17)25-13-14-5-4-7-23-12-14/h6,8-11,14,23H,4-5,7,12-13H2,1-3H3,(H,24,25). The second-order valence-electron chi connectivity index (χ2n) is 7.19. The Bertz CT molecular complexity index is 954. The lowest BCUT2D eigenvalue weighted by atomic mass is 10.00. The van der Waals surface area contributed by atoms with Gasteiger partial charge in [0.2, 0.25) is 5.75 Å². The second-order valence-corrected chi connectivity index (χ2v) is 7.19. The molecular weight excluding hydrogens is 370 g/mol. The van der Waals surface area contributed by atoms with Gasteiger partial charge >= 0.3 is 0 Å². The van der Waals surface area contributed by atoms with E-state index in [-0.39, 0.29) is 0 Å². The van der Waals surface area contributed by atoms with Gasteiger partial charge in [0.25, 0.3) is 0 Å². The third-order valence-electron chi connectivity index (χ3n) is 5.34. The first-order chi connectivity index (χ1) is 14.2. The molecular formula is C22H27N3O4. The van der Waals surface area contributed by atoms with E-state index in [0.29, 0.717) is 28.9 Å². The minimum absolute atomic E-state index is 0.552. The summed E-state index contributed by atoms with van der Waals surface area (Å²) < 4.78 is 22.5. The fourth-order valence-electron chi connectivity index (χ4n) is 3.80. The number of aromatic nitrogens is 1.